The van der Waals surface area contributed by atoms with Gasteiger partial charge in [-0.2, -0.15) is 0 Å². The summed E-state index contributed by atoms with van der Waals surface area (Å²) in [5, 5.41) is 5.27. The number of sulfonamides is 1. The van der Waals surface area contributed by atoms with Crippen molar-refractivity contribution in [3.63, 3.8) is 0 Å². The quantitative estimate of drug-likeness (QED) is 0.923. The third-order valence-electron chi connectivity index (χ3n) is 3.17. The van der Waals surface area contributed by atoms with Crippen molar-refractivity contribution in [1.29, 1.82) is 0 Å². The standard InChI is InChI=1S/C16H19NO3S/c1-12-10-13(2)16(15(11-12)21(17,18)19)20-9-8-14-6-4-3-5-7-14/h3-7,10-11H,8-9H2,1-2H3,(H2,17,18,19). The Labute approximate surface area is 125 Å². The Hall–Kier alpha value is -1.85. The van der Waals surface area contributed by atoms with Gasteiger partial charge in [-0.05, 0) is 36.6 Å². The lowest BCUT2D eigenvalue weighted by Crippen LogP contribution is -2.15. The van der Waals surface area contributed by atoms with Gasteiger partial charge >= 0.3 is 0 Å². The molecule has 4 nitrogen and oxygen atoms in total. The Kier molecular flexibility index (Phi) is 4.65. The van der Waals surface area contributed by atoms with Crippen molar-refractivity contribution in [2.75, 3.05) is 6.61 Å². The van der Waals surface area contributed by atoms with Crippen LogP contribution < -0.4 is 9.88 Å². The maximum atomic E-state index is 11.7. The van der Waals surface area contributed by atoms with Gasteiger partial charge in [-0.3, -0.25) is 0 Å². The fourth-order valence-electron chi connectivity index (χ4n) is 2.23. The highest BCUT2D eigenvalue weighted by Crippen LogP contribution is 2.28. The van der Waals surface area contributed by atoms with E-state index in [1.165, 1.54) is 0 Å². The van der Waals surface area contributed by atoms with Crippen LogP contribution in [0.4, 0.5) is 0 Å². The van der Waals surface area contributed by atoms with Crippen LogP contribution in [0.1, 0.15) is 16.7 Å². The van der Waals surface area contributed by atoms with Crippen molar-refractivity contribution in [3.05, 3.63) is 59.2 Å². The number of rotatable bonds is 5. The number of hydrogen-bond acceptors (Lipinski definition) is 3. The van der Waals surface area contributed by atoms with E-state index in [2.05, 4.69) is 0 Å². The van der Waals surface area contributed by atoms with Gasteiger partial charge in [0.15, 0.2) is 0 Å². The number of ether oxygens (including phenoxy) is 1. The van der Waals surface area contributed by atoms with Crippen molar-refractivity contribution in [1.82, 2.24) is 0 Å². The summed E-state index contributed by atoms with van der Waals surface area (Å²) in [6.07, 6.45) is 0.707. The monoisotopic (exact) mass is 305 g/mol. The average molecular weight is 305 g/mol. The van der Waals surface area contributed by atoms with Crippen LogP contribution in [0.2, 0.25) is 0 Å². The summed E-state index contributed by atoms with van der Waals surface area (Å²) in [6.45, 7) is 4.05. The number of aryl methyl sites for hydroxylation is 2. The maximum Gasteiger partial charge on any atom is 0.241 e. The normalized spacial score (nSPS) is 11.4. The fraction of sp³-hybridized carbons (Fsp3) is 0.250. The van der Waals surface area contributed by atoms with Crippen molar-refractivity contribution in [2.24, 2.45) is 5.14 Å². The molecule has 0 atom stereocenters. The van der Waals surface area contributed by atoms with Crippen LogP contribution in [0.3, 0.4) is 0 Å². The minimum absolute atomic E-state index is 0.0491. The summed E-state index contributed by atoms with van der Waals surface area (Å²) >= 11 is 0. The van der Waals surface area contributed by atoms with Gasteiger partial charge < -0.3 is 4.74 Å². The lowest BCUT2D eigenvalue weighted by atomic mass is 10.1. The molecular weight excluding hydrogens is 286 g/mol. The number of primary sulfonamides is 1. The lowest BCUT2D eigenvalue weighted by molar-refractivity contribution is 0.311. The molecule has 0 unspecified atom stereocenters. The second kappa shape index (κ2) is 6.28. The molecule has 2 aromatic carbocycles. The van der Waals surface area contributed by atoms with E-state index < -0.39 is 10.0 Å². The first-order valence-electron chi connectivity index (χ1n) is 6.68. The summed E-state index contributed by atoms with van der Waals surface area (Å²) in [4.78, 5) is 0.0491. The number of benzene rings is 2. The van der Waals surface area contributed by atoms with Crippen molar-refractivity contribution < 1.29 is 13.2 Å². The van der Waals surface area contributed by atoms with Crippen molar-refractivity contribution >= 4 is 10.0 Å². The van der Waals surface area contributed by atoms with Crippen molar-refractivity contribution in [2.45, 2.75) is 25.2 Å². The van der Waals surface area contributed by atoms with E-state index in [1.807, 2.05) is 50.2 Å². The van der Waals surface area contributed by atoms with Gasteiger partial charge in [0.1, 0.15) is 10.6 Å². The Morgan fingerprint density at radius 3 is 2.38 bits per heavy atom. The number of nitrogens with two attached hydrogens (primary N) is 1. The Balaban J connectivity index is 2.20. The summed E-state index contributed by atoms with van der Waals surface area (Å²) in [5.41, 5.74) is 2.75. The lowest BCUT2D eigenvalue weighted by Gasteiger charge is -2.14. The Morgan fingerprint density at radius 2 is 1.76 bits per heavy atom. The zero-order valence-corrected chi connectivity index (χ0v) is 13.0. The van der Waals surface area contributed by atoms with E-state index in [1.54, 1.807) is 6.07 Å². The van der Waals surface area contributed by atoms with E-state index in [-0.39, 0.29) is 4.90 Å². The van der Waals surface area contributed by atoms with E-state index in [4.69, 9.17) is 9.88 Å². The van der Waals surface area contributed by atoms with Crippen LogP contribution in [-0.4, -0.2) is 15.0 Å². The van der Waals surface area contributed by atoms with Crippen LogP contribution >= 0.6 is 0 Å². The first-order valence-corrected chi connectivity index (χ1v) is 8.23. The van der Waals surface area contributed by atoms with Crippen LogP contribution in [0.5, 0.6) is 5.75 Å². The minimum Gasteiger partial charge on any atom is -0.492 e. The molecule has 5 heteroatoms. The molecular formula is C16H19NO3S. The van der Waals surface area contributed by atoms with Crippen LogP contribution in [0.15, 0.2) is 47.4 Å². The van der Waals surface area contributed by atoms with Gasteiger partial charge in [-0.15, -0.1) is 0 Å². The zero-order valence-electron chi connectivity index (χ0n) is 12.2. The molecule has 2 aromatic rings. The molecule has 0 amide bonds. The summed E-state index contributed by atoms with van der Waals surface area (Å²) in [7, 11) is -3.80. The average Bonchev–Trinajstić information content (AvgIpc) is 2.41. The molecule has 112 valence electrons. The van der Waals surface area contributed by atoms with Gasteiger partial charge in [0.2, 0.25) is 10.0 Å². The summed E-state index contributed by atoms with van der Waals surface area (Å²) < 4.78 is 29.1. The molecule has 0 aliphatic carbocycles. The van der Waals surface area contributed by atoms with Crippen LogP contribution in [0, 0.1) is 13.8 Å². The highest BCUT2D eigenvalue weighted by Gasteiger charge is 2.18. The highest BCUT2D eigenvalue weighted by atomic mass is 32.2. The SMILES string of the molecule is Cc1cc(C)c(OCCc2ccccc2)c(S(N)(=O)=O)c1. The largest absolute Gasteiger partial charge is 0.492 e. The Morgan fingerprint density at radius 1 is 1.10 bits per heavy atom. The molecule has 0 fully saturated rings. The van der Waals surface area contributed by atoms with E-state index >= 15 is 0 Å². The second-order valence-corrected chi connectivity index (χ2v) is 6.57. The van der Waals surface area contributed by atoms with Crippen LogP contribution in [-0.2, 0) is 16.4 Å². The molecule has 0 aliphatic rings. The van der Waals surface area contributed by atoms with E-state index in [9.17, 15) is 8.42 Å². The smallest absolute Gasteiger partial charge is 0.241 e. The first kappa shape index (κ1) is 15.5. The third kappa shape index (κ3) is 4.06. The number of hydrogen-bond donors (Lipinski definition) is 1. The van der Waals surface area contributed by atoms with Crippen molar-refractivity contribution in [3.8, 4) is 5.75 Å². The Bertz CT molecular complexity index is 725. The predicted molar refractivity (Wildman–Crippen MR) is 82.9 cm³/mol. The molecule has 0 bridgehead atoms. The molecule has 0 saturated carbocycles. The first-order chi connectivity index (χ1) is 9.88. The molecule has 0 saturated heterocycles. The molecule has 0 heterocycles. The van der Waals surface area contributed by atoms with Gasteiger partial charge in [-0.25, -0.2) is 13.6 Å². The minimum atomic E-state index is -3.80. The second-order valence-electron chi connectivity index (χ2n) is 5.04. The molecule has 0 aliphatic heterocycles. The molecule has 2 rings (SSSR count). The summed E-state index contributed by atoms with van der Waals surface area (Å²) in [5.74, 6) is 0.346. The van der Waals surface area contributed by atoms with Gasteiger partial charge in [0.05, 0.1) is 6.61 Å². The molecule has 2 N–H and O–H groups in total. The topological polar surface area (TPSA) is 69.4 Å². The predicted octanol–water partition coefficient (Wildman–Crippen LogP) is 2.57. The maximum absolute atomic E-state index is 11.7. The van der Waals surface area contributed by atoms with Gasteiger partial charge in [-0.1, -0.05) is 36.4 Å². The molecule has 0 spiro atoms. The van der Waals surface area contributed by atoms with Gasteiger partial charge in [0, 0.05) is 6.42 Å². The zero-order chi connectivity index (χ0) is 15.5. The van der Waals surface area contributed by atoms with Crippen LogP contribution in [0.25, 0.3) is 0 Å². The van der Waals surface area contributed by atoms with E-state index in [0.29, 0.717) is 18.8 Å². The third-order valence-corrected chi connectivity index (χ3v) is 4.09. The molecule has 21 heavy (non-hydrogen) atoms. The van der Waals surface area contributed by atoms with Gasteiger partial charge in [0.25, 0.3) is 0 Å². The summed E-state index contributed by atoms with van der Waals surface area (Å²) in [6, 6.07) is 13.3. The highest BCUT2D eigenvalue weighted by molar-refractivity contribution is 7.89. The van der Waals surface area contributed by atoms with E-state index in [0.717, 1.165) is 16.7 Å². The molecule has 0 aromatic heterocycles. The fourth-order valence-corrected chi connectivity index (χ4v) is 3.06. The molecule has 0 radical (unpaired) electrons.